The van der Waals surface area contributed by atoms with E-state index in [4.69, 9.17) is 5.41 Å². The summed E-state index contributed by atoms with van der Waals surface area (Å²) < 4.78 is 0. The third-order valence-electron chi connectivity index (χ3n) is 0.559. The third-order valence-corrected chi connectivity index (χ3v) is 0.559. The summed E-state index contributed by atoms with van der Waals surface area (Å²) >= 11 is 0. The van der Waals surface area contributed by atoms with E-state index in [2.05, 4.69) is 0 Å². The van der Waals surface area contributed by atoms with Crippen molar-refractivity contribution in [2.24, 2.45) is 0 Å². The van der Waals surface area contributed by atoms with Gasteiger partial charge in [-0.25, -0.2) is 0 Å². The number of allylic oxidation sites excluding steroid dienone is 2. The average Bonchev–Trinajstić information content (AvgIpc) is 1.68. The van der Waals surface area contributed by atoms with E-state index in [-0.39, 0.29) is 0 Å². The predicted molar refractivity (Wildman–Crippen MR) is 28.6 cm³/mol. The Morgan fingerprint density at radius 3 is 2.43 bits per heavy atom. The van der Waals surface area contributed by atoms with Crippen LogP contribution in [0.1, 0.15) is 6.92 Å². The van der Waals surface area contributed by atoms with Crippen molar-refractivity contribution in [2.45, 2.75) is 6.92 Å². The minimum atomic E-state index is 0.667. The van der Waals surface area contributed by atoms with Crippen LogP contribution in [0.4, 0.5) is 0 Å². The molecule has 0 aromatic rings. The number of hydrogen-bond acceptors (Lipinski definition) is 2. The molecule has 0 unspecified atom stereocenters. The molecule has 38 valence electrons. The minimum absolute atomic E-state index is 0.667. The lowest BCUT2D eigenvalue weighted by Gasteiger charge is -1.76. The second kappa shape index (κ2) is 3.28. The van der Waals surface area contributed by atoms with E-state index < -0.39 is 0 Å². The van der Waals surface area contributed by atoms with E-state index in [9.17, 15) is 4.79 Å². The second-order valence-corrected chi connectivity index (χ2v) is 1.19. The lowest BCUT2D eigenvalue weighted by atomic mass is 10.3. The van der Waals surface area contributed by atoms with Crippen LogP contribution in [0.2, 0.25) is 0 Å². The molecule has 0 saturated carbocycles. The molecule has 2 nitrogen and oxygen atoms in total. The first-order valence-electron chi connectivity index (χ1n) is 1.94. The number of carbonyl (C=O) groups is 1. The first-order valence-corrected chi connectivity index (χ1v) is 1.94. The molecule has 0 bridgehead atoms. The summed E-state index contributed by atoms with van der Waals surface area (Å²) in [5, 5.41) is 6.56. The first kappa shape index (κ1) is 6.08. The van der Waals surface area contributed by atoms with Gasteiger partial charge in [0.05, 0.1) is 0 Å². The minimum Gasteiger partial charge on any atom is -0.308 e. The molecule has 0 fully saturated rings. The van der Waals surface area contributed by atoms with Gasteiger partial charge in [0.1, 0.15) is 6.29 Å². The molecule has 2 heteroatoms. The molecule has 0 saturated heterocycles. The molecule has 0 aliphatic carbocycles. The van der Waals surface area contributed by atoms with Crippen molar-refractivity contribution in [3.8, 4) is 0 Å². The summed E-state index contributed by atoms with van der Waals surface area (Å²) in [6.45, 7) is 1.70. The maximum Gasteiger partial charge on any atom is 0.143 e. The Labute approximate surface area is 42.4 Å². The summed E-state index contributed by atoms with van der Waals surface area (Å²) in [4.78, 5) is 9.59. The van der Waals surface area contributed by atoms with Crippen LogP contribution in [-0.2, 0) is 4.79 Å². The summed E-state index contributed by atoms with van der Waals surface area (Å²) in [5.41, 5.74) is 0.676. The van der Waals surface area contributed by atoms with Crippen molar-refractivity contribution in [2.75, 3.05) is 0 Å². The van der Waals surface area contributed by atoms with Gasteiger partial charge in [0.15, 0.2) is 0 Å². The predicted octanol–water partition coefficient (Wildman–Crippen LogP) is 0.781. The van der Waals surface area contributed by atoms with Crippen LogP contribution in [0.15, 0.2) is 11.6 Å². The van der Waals surface area contributed by atoms with Crippen LogP contribution in [0.5, 0.6) is 0 Å². The zero-order chi connectivity index (χ0) is 5.70. The van der Waals surface area contributed by atoms with Gasteiger partial charge in [-0.05, 0) is 18.6 Å². The van der Waals surface area contributed by atoms with Gasteiger partial charge in [0, 0.05) is 6.21 Å². The van der Waals surface area contributed by atoms with Crippen LogP contribution in [0.3, 0.4) is 0 Å². The fourth-order valence-electron chi connectivity index (χ4n) is 0.155. The van der Waals surface area contributed by atoms with Crippen LogP contribution in [-0.4, -0.2) is 12.5 Å². The monoisotopic (exact) mass is 97.1 g/mol. The molecule has 0 amide bonds. The summed E-state index contributed by atoms with van der Waals surface area (Å²) in [5.74, 6) is 0. The molecule has 1 N–H and O–H groups in total. The Balaban J connectivity index is 3.72. The maximum atomic E-state index is 9.59. The molecule has 0 spiro atoms. The number of aldehydes is 1. The molecule has 0 aromatic heterocycles. The molecule has 0 aliphatic rings. The third kappa shape index (κ3) is 2.89. The van der Waals surface area contributed by atoms with E-state index in [1.54, 1.807) is 6.92 Å². The van der Waals surface area contributed by atoms with Crippen LogP contribution < -0.4 is 0 Å². The molecule has 0 aliphatic heterocycles. The normalized spacial score (nSPS) is 10.7. The fourth-order valence-corrected chi connectivity index (χ4v) is 0.155. The first-order chi connectivity index (χ1) is 3.31. The highest BCUT2D eigenvalue weighted by molar-refractivity contribution is 5.82. The quantitative estimate of drug-likeness (QED) is 0.309. The highest BCUT2D eigenvalue weighted by Gasteiger charge is 1.73. The fraction of sp³-hybridized carbons (Fsp3) is 0.200. The summed E-state index contributed by atoms with van der Waals surface area (Å²) in [7, 11) is 0. The van der Waals surface area contributed by atoms with Gasteiger partial charge in [-0.1, -0.05) is 0 Å². The Morgan fingerprint density at radius 1 is 1.71 bits per heavy atom. The van der Waals surface area contributed by atoms with Gasteiger partial charge < -0.3 is 5.41 Å². The van der Waals surface area contributed by atoms with Crippen molar-refractivity contribution < 1.29 is 4.79 Å². The molecule has 0 atom stereocenters. The molecule has 7 heavy (non-hydrogen) atoms. The largest absolute Gasteiger partial charge is 0.308 e. The van der Waals surface area contributed by atoms with Crippen molar-refractivity contribution in [3.05, 3.63) is 11.6 Å². The lowest BCUT2D eigenvalue weighted by molar-refractivity contribution is -0.104. The Bertz CT molecular complexity index is 105. The van der Waals surface area contributed by atoms with Crippen molar-refractivity contribution >= 4 is 12.5 Å². The lowest BCUT2D eigenvalue weighted by Crippen LogP contribution is -1.73. The van der Waals surface area contributed by atoms with Gasteiger partial charge in [-0.15, -0.1) is 0 Å². The van der Waals surface area contributed by atoms with Gasteiger partial charge in [-0.2, -0.15) is 0 Å². The Kier molecular flexibility index (Phi) is 2.85. The van der Waals surface area contributed by atoms with Crippen LogP contribution in [0.25, 0.3) is 0 Å². The van der Waals surface area contributed by atoms with Gasteiger partial charge in [0.2, 0.25) is 0 Å². The highest BCUT2D eigenvalue weighted by atomic mass is 16.1. The molecular weight excluding hydrogens is 90.1 g/mol. The van der Waals surface area contributed by atoms with E-state index in [1.165, 1.54) is 6.08 Å². The smallest absolute Gasteiger partial charge is 0.143 e. The average molecular weight is 97.1 g/mol. The zero-order valence-corrected chi connectivity index (χ0v) is 4.14. The van der Waals surface area contributed by atoms with Gasteiger partial charge in [0.25, 0.3) is 0 Å². The number of hydrogen-bond donors (Lipinski definition) is 1. The molecule has 0 aromatic carbocycles. The molecule has 0 heterocycles. The standard InChI is InChI=1S/C5H7NO/c1-5(4-6)2-3-7/h2-4,6H,1H3/b5-2-,6-4?. The van der Waals surface area contributed by atoms with Gasteiger partial charge >= 0.3 is 0 Å². The number of carbonyl (C=O) groups excluding carboxylic acids is 1. The SMILES string of the molecule is C/C(C=N)=C/C=O. The van der Waals surface area contributed by atoms with E-state index in [0.717, 1.165) is 6.21 Å². The second-order valence-electron chi connectivity index (χ2n) is 1.19. The number of rotatable bonds is 2. The number of nitrogens with one attached hydrogen (secondary N) is 1. The van der Waals surface area contributed by atoms with Crippen molar-refractivity contribution in [1.82, 2.24) is 0 Å². The van der Waals surface area contributed by atoms with Crippen molar-refractivity contribution in [1.29, 1.82) is 5.41 Å². The van der Waals surface area contributed by atoms with Crippen LogP contribution >= 0.6 is 0 Å². The van der Waals surface area contributed by atoms with E-state index in [0.29, 0.717) is 11.9 Å². The van der Waals surface area contributed by atoms with Gasteiger partial charge in [-0.3, -0.25) is 4.79 Å². The maximum absolute atomic E-state index is 9.59. The van der Waals surface area contributed by atoms with E-state index in [1.807, 2.05) is 0 Å². The summed E-state index contributed by atoms with van der Waals surface area (Å²) in [6.07, 6.45) is 3.14. The molecular formula is C5H7NO. The van der Waals surface area contributed by atoms with Crippen molar-refractivity contribution in [3.63, 3.8) is 0 Å². The Morgan fingerprint density at radius 2 is 2.29 bits per heavy atom. The highest BCUT2D eigenvalue weighted by Crippen LogP contribution is 1.79. The van der Waals surface area contributed by atoms with E-state index >= 15 is 0 Å². The molecule has 0 rings (SSSR count). The Hall–Kier alpha value is -0.920. The zero-order valence-electron chi connectivity index (χ0n) is 4.14. The van der Waals surface area contributed by atoms with Crippen LogP contribution in [0, 0.1) is 5.41 Å². The topological polar surface area (TPSA) is 40.9 Å². The molecule has 0 radical (unpaired) electrons. The summed E-state index contributed by atoms with van der Waals surface area (Å²) in [6, 6.07) is 0.